The summed E-state index contributed by atoms with van der Waals surface area (Å²) in [5.74, 6) is -0.150. The highest BCUT2D eigenvalue weighted by Crippen LogP contribution is 2.31. The molecule has 0 atom stereocenters. The first kappa shape index (κ1) is 10.3. The van der Waals surface area contributed by atoms with Crippen molar-refractivity contribution in [1.29, 1.82) is 0 Å². The highest BCUT2D eigenvalue weighted by Gasteiger charge is 2.13. The SMILES string of the molecule is Cc1c(F)c(N)cc(C(C)C)c1Cl. The lowest BCUT2D eigenvalue weighted by molar-refractivity contribution is 0.622. The van der Waals surface area contributed by atoms with Gasteiger partial charge in [0.15, 0.2) is 0 Å². The number of benzene rings is 1. The molecule has 1 nitrogen and oxygen atoms in total. The van der Waals surface area contributed by atoms with Crippen molar-refractivity contribution in [3.05, 3.63) is 28.0 Å². The first-order valence-electron chi connectivity index (χ1n) is 4.19. The van der Waals surface area contributed by atoms with E-state index in [4.69, 9.17) is 17.3 Å². The summed E-state index contributed by atoms with van der Waals surface area (Å²) >= 11 is 5.97. The van der Waals surface area contributed by atoms with Crippen LogP contribution in [0.3, 0.4) is 0 Å². The molecule has 0 bridgehead atoms. The van der Waals surface area contributed by atoms with Crippen molar-refractivity contribution in [3.63, 3.8) is 0 Å². The van der Waals surface area contributed by atoms with E-state index in [1.807, 2.05) is 13.8 Å². The minimum absolute atomic E-state index is 0.172. The molecule has 0 amide bonds. The second-order valence-electron chi connectivity index (χ2n) is 3.46. The number of hydrogen-bond donors (Lipinski definition) is 1. The van der Waals surface area contributed by atoms with Gasteiger partial charge in [-0.25, -0.2) is 4.39 Å². The van der Waals surface area contributed by atoms with Crippen LogP contribution >= 0.6 is 11.6 Å². The highest BCUT2D eigenvalue weighted by molar-refractivity contribution is 6.32. The van der Waals surface area contributed by atoms with E-state index in [0.29, 0.717) is 10.6 Å². The maximum atomic E-state index is 13.2. The number of halogens is 2. The quantitative estimate of drug-likeness (QED) is 0.692. The Bertz CT molecular complexity index is 334. The van der Waals surface area contributed by atoms with E-state index >= 15 is 0 Å². The minimum atomic E-state index is -0.408. The van der Waals surface area contributed by atoms with E-state index in [9.17, 15) is 4.39 Å². The second-order valence-corrected chi connectivity index (χ2v) is 3.84. The standard InChI is InChI=1S/C10H13ClFN/c1-5(2)7-4-8(13)10(12)6(3)9(7)11/h4-5H,13H2,1-3H3. The average molecular weight is 202 g/mol. The zero-order valence-corrected chi connectivity index (χ0v) is 8.74. The van der Waals surface area contributed by atoms with Gasteiger partial charge in [-0.1, -0.05) is 25.4 Å². The fourth-order valence-electron chi connectivity index (χ4n) is 1.24. The Balaban J connectivity index is 3.41. The normalized spacial score (nSPS) is 10.9. The molecule has 0 saturated heterocycles. The topological polar surface area (TPSA) is 26.0 Å². The number of nitrogens with two attached hydrogens (primary N) is 1. The summed E-state index contributed by atoms with van der Waals surface area (Å²) in [4.78, 5) is 0. The Hall–Kier alpha value is -0.760. The third-order valence-electron chi connectivity index (χ3n) is 2.10. The monoisotopic (exact) mass is 201 g/mol. The molecule has 0 spiro atoms. The van der Waals surface area contributed by atoms with Crippen LogP contribution in [0.4, 0.5) is 10.1 Å². The molecule has 2 N–H and O–H groups in total. The average Bonchev–Trinajstić information content (AvgIpc) is 2.07. The van der Waals surface area contributed by atoms with Crippen molar-refractivity contribution >= 4 is 17.3 Å². The maximum absolute atomic E-state index is 13.2. The fourth-order valence-corrected chi connectivity index (χ4v) is 1.60. The van der Waals surface area contributed by atoms with Gasteiger partial charge >= 0.3 is 0 Å². The summed E-state index contributed by atoms with van der Waals surface area (Å²) < 4.78 is 13.2. The Kier molecular flexibility index (Phi) is 2.81. The van der Waals surface area contributed by atoms with Crippen molar-refractivity contribution in [2.24, 2.45) is 0 Å². The molecule has 1 aromatic carbocycles. The molecule has 0 heterocycles. The molecule has 3 heteroatoms. The van der Waals surface area contributed by atoms with E-state index in [0.717, 1.165) is 5.56 Å². The zero-order chi connectivity index (χ0) is 10.2. The summed E-state index contributed by atoms with van der Waals surface area (Å²) in [5.41, 5.74) is 7.00. The van der Waals surface area contributed by atoms with Crippen LogP contribution in [0, 0.1) is 12.7 Å². The van der Waals surface area contributed by atoms with Crippen molar-refractivity contribution in [3.8, 4) is 0 Å². The Morgan fingerprint density at radius 3 is 2.46 bits per heavy atom. The summed E-state index contributed by atoms with van der Waals surface area (Å²) in [6, 6.07) is 1.61. The highest BCUT2D eigenvalue weighted by atomic mass is 35.5. The minimum Gasteiger partial charge on any atom is -0.396 e. The second kappa shape index (κ2) is 3.54. The van der Waals surface area contributed by atoms with Crippen LogP contribution in [-0.4, -0.2) is 0 Å². The van der Waals surface area contributed by atoms with Crippen LogP contribution in [0.15, 0.2) is 6.07 Å². The molecule has 0 aliphatic rings. The van der Waals surface area contributed by atoms with Crippen molar-refractivity contribution < 1.29 is 4.39 Å². The van der Waals surface area contributed by atoms with Gasteiger partial charge in [0.2, 0.25) is 0 Å². The smallest absolute Gasteiger partial charge is 0.150 e. The third kappa shape index (κ3) is 1.78. The molecule has 0 aliphatic carbocycles. The molecule has 0 aliphatic heterocycles. The van der Waals surface area contributed by atoms with Gasteiger partial charge < -0.3 is 5.73 Å². The van der Waals surface area contributed by atoms with Gasteiger partial charge in [0.25, 0.3) is 0 Å². The van der Waals surface area contributed by atoms with Crippen LogP contribution in [0.2, 0.25) is 5.02 Å². The molecule has 1 rings (SSSR count). The van der Waals surface area contributed by atoms with Crippen LogP contribution in [0.5, 0.6) is 0 Å². The van der Waals surface area contributed by atoms with E-state index in [2.05, 4.69) is 0 Å². The van der Waals surface area contributed by atoms with E-state index in [1.165, 1.54) is 0 Å². The van der Waals surface area contributed by atoms with Gasteiger partial charge in [0.05, 0.1) is 10.7 Å². The zero-order valence-electron chi connectivity index (χ0n) is 7.99. The van der Waals surface area contributed by atoms with Crippen molar-refractivity contribution in [2.75, 3.05) is 5.73 Å². The Morgan fingerprint density at radius 1 is 1.46 bits per heavy atom. The maximum Gasteiger partial charge on any atom is 0.150 e. The lowest BCUT2D eigenvalue weighted by Crippen LogP contribution is -1.99. The van der Waals surface area contributed by atoms with Gasteiger partial charge in [-0.15, -0.1) is 0 Å². The van der Waals surface area contributed by atoms with E-state index in [-0.39, 0.29) is 11.6 Å². The summed E-state index contributed by atoms with van der Waals surface area (Å²) in [7, 11) is 0. The molecule has 1 aromatic rings. The van der Waals surface area contributed by atoms with Gasteiger partial charge in [0.1, 0.15) is 5.82 Å². The molecule has 0 fully saturated rings. The molecule has 72 valence electrons. The van der Waals surface area contributed by atoms with Crippen molar-refractivity contribution in [1.82, 2.24) is 0 Å². The lowest BCUT2D eigenvalue weighted by Gasteiger charge is -2.12. The summed E-state index contributed by atoms with van der Waals surface area (Å²) in [6.45, 7) is 5.63. The summed E-state index contributed by atoms with van der Waals surface area (Å²) in [6.07, 6.45) is 0. The van der Waals surface area contributed by atoms with Gasteiger partial charge in [-0.3, -0.25) is 0 Å². The van der Waals surface area contributed by atoms with Gasteiger partial charge in [-0.2, -0.15) is 0 Å². The molecule has 13 heavy (non-hydrogen) atoms. The number of anilines is 1. The number of hydrogen-bond acceptors (Lipinski definition) is 1. The van der Waals surface area contributed by atoms with Crippen LogP contribution in [0.1, 0.15) is 30.9 Å². The third-order valence-corrected chi connectivity index (χ3v) is 2.60. The molecule has 0 saturated carbocycles. The predicted octanol–water partition coefficient (Wildman–Crippen LogP) is 3.49. The van der Waals surface area contributed by atoms with E-state index in [1.54, 1.807) is 13.0 Å². The van der Waals surface area contributed by atoms with E-state index < -0.39 is 5.82 Å². The first-order valence-corrected chi connectivity index (χ1v) is 4.57. The molecule has 0 radical (unpaired) electrons. The van der Waals surface area contributed by atoms with Gasteiger partial charge in [0, 0.05) is 5.56 Å². The summed E-state index contributed by atoms with van der Waals surface area (Å²) in [5, 5.41) is 0.488. The lowest BCUT2D eigenvalue weighted by atomic mass is 10.00. The van der Waals surface area contributed by atoms with Gasteiger partial charge in [-0.05, 0) is 24.5 Å². The molecule has 0 aromatic heterocycles. The van der Waals surface area contributed by atoms with Crippen LogP contribution in [0.25, 0.3) is 0 Å². The molecule has 0 unspecified atom stereocenters. The number of nitrogen functional groups attached to an aromatic ring is 1. The molecular weight excluding hydrogens is 189 g/mol. The largest absolute Gasteiger partial charge is 0.396 e. The number of rotatable bonds is 1. The fraction of sp³-hybridized carbons (Fsp3) is 0.400. The molecular formula is C10H13ClFN. The predicted molar refractivity (Wildman–Crippen MR) is 54.6 cm³/mol. The first-order chi connectivity index (χ1) is 5.95. The van der Waals surface area contributed by atoms with Crippen molar-refractivity contribution in [2.45, 2.75) is 26.7 Å². The Morgan fingerprint density at radius 2 is 2.00 bits per heavy atom. The Labute approximate surface area is 82.7 Å². The van der Waals surface area contributed by atoms with Crippen LogP contribution < -0.4 is 5.73 Å². The van der Waals surface area contributed by atoms with Crippen LogP contribution in [-0.2, 0) is 0 Å².